The summed E-state index contributed by atoms with van der Waals surface area (Å²) in [6.45, 7) is 2.37. The Morgan fingerprint density at radius 1 is 1.64 bits per heavy atom. The number of hydrogen-bond acceptors (Lipinski definition) is 2. The van der Waals surface area contributed by atoms with Crippen molar-refractivity contribution < 1.29 is 4.79 Å². The highest BCUT2D eigenvalue weighted by atomic mass is 35.5. The first-order valence-electron chi connectivity index (χ1n) is 4.40. The van der Waals surface area contributed by atoms with Gasteiger partial charge < -0.3 is 4.90 Å². The maximum Gasteiger partial charge on any atom is 0.255 e. The van der Waals surface area contributed by atoms with Gasteiger partial charge in [-0.25, -0.2) is 0 Å². The molecule has 0 aromatic carbocycles. The minimum Gasteiger partial charge on any atom is -0.340 e. The molecule has 0 saturated carbocycles. The zero-order valence-electron chi connectivity index (χ0n) is 8.33. The molecule has 0 unspecified atom stereocenters. The second-order valence-electron chi connectivity index (χ2n) is 3.05. The van der Waals surface area contributed by atoms with Crippen LogP contribution in [0.4, 0.5) is 0 Å². The first kappa shape index (κ1) is 11.0. The SMILES string of the molecule is Cc1ncccc1C(=O)N(C)CCCl. The molecule has 3 nitrogen and oxygen atoms in total. The minimum absolute atomic E-state index is 0.0312. The standard InChI is InChI=1S/C10H13ClN2O/c1-8-9(4-3-6-12-8)10(14)13(2)7-5-11/h3-4,6H,5,7H2,1-2H3. The number of aromatic nitrogens is 1. The summed E-state index contributed by atoms with van der Waals surface area (Å²) in [6.07, 6.45) is 1.67. The smallest absolute Gasteiger partial charge is 0.255 e. The summed E-state index contributed by atoms with van der Waals surface area (Å²) >= 11 is 5.56. The van der Waals surface area contributed by atoms with E-state index < -0.39 is 0 Å². The van der Waals surface area contributed by atoms with Crippen molar-refractivity contribution in [2.45, 2.75) is 6.92 Å². The maximum atomic E-state index is 11.8. The summed E-state index contributed by atoms with van der Waals surface area (Å²) < 4.78 is 0. The fraction of sp³-hybridized carbons (Fsp3) is 0.400. The molecule has 0 atom stereocenters. The van der Waals surface area contributed by atoms with Gasteiger partial charge in [0.05, 0.1) is 5.56 Å². The summed E-state index contributed by atoms with van der Waals surface area (Å²) in [5, 5.41) is 0. The number of aryl methyl sites for hydroxylation is 1. The fourth-order valence-electron chi connectivity index (χ4n) is 1.14. The van der Waals surface area contributed by atoms with Gasteiger partial charge in [0.2, 0.25) is 0 Å². The van der Waals surface area contributed by atoms with Crippen LogP contribution in [0.5, 0.6) is 0 Å². The van der Waals surface area contributed by atoms with Crippen LogP contribution in [0.15, 0.2) is 18.3 Å². The lowest BCUT2D eigenvalue weighted by Gasteiger charge is -2.16. The number of amides is 1. The largest absolute Gasteiger partial charge is 0.340 e. The zero-order chi connectivity index (χ0) is 10.6. The first-order chi connectivity index (χ1) is 6.66. The van der Waals surface area contributed by atoms with Crippen LogP contribution in [0.25, 0.3) is 0 Å². The van der Waals surface area contributed by atoms with Crippen LogP contribution >= 0.6 is 11.6 Å². The Bertz CT molecular complexity index is 328. The van der Waals surface area contributed by atoms with Gasteiger partial charge in [-0.1, -0.05) is 0 Å². The minimum atomic E-state index is -0.0312. The third kappa shape index (κ3) is 2.45. The van der Waals surface area contributed by atoms with Crippen molar-refractivity contribution in [1.29, 1.82) is 0 Å². The second-order valence-corrected chi connectivity index (χ2v) is 3.43. The molecule has 0 aliphatic carbocycles. The summed E-state index contributed by atoms with van der Waals surface area (Å²) in [6, 6.07) is 3.53. The van der Waals surface area contributed by atoms with E-state index in [0.29, 0.717) is 18.0 Å². The van der Waals surface area contributed by atoms with E-state index in [-0.39, 0.29) is 5.91 Å². The van der Waals surface area contributed by atoms with Crippen LogP contribution in [0.3, 0.4) is 0 Å². The second kappa shape index (κ2) is 4.96. The van der Waals surface area contributed by atoms with Gasteiger partial charge in [0.15, 0.2) is 0 Å². The molecule has 1 aromatic rings. The van der Waals surface area contributed by atoms with Gasteiger partial charge in [-0.2, -0.15) is 0 Å². The number of carbonyl (C=O) groups excluding carboxylic acids is 1. The van der Waals surface area contributed by atoms with Gasteiger partial charge in [-0.15, -0.1) is 11.6 Å². The number of hydrogen-bond donors (Lipinski definition) is 0. The molecule has 0 saturated heterocycles. The van der Waals surface area contributed by atoms with Crippen molar-refractivity contribution in [3.8, 4) is 0 Å². The van der Waals surface area contributed by atoms with E-state index in [1.54, 1.807) is 30.3 Å². The molecule has 0 aliphatic heterocycles. The number of alkyl halides is 1. The molecule has 0 spiro atoms. The van der Waals surface area contributed by atoms with E-state index >= 15 is 0 Å². The predicted octanol–water partition coefficient (Wildman–Crippen LogP) is 1.70. The van der Waals surface area contributed by atoms with E-state index in [1.807, 2.05) is 6.92 Å². The van der Waals surface area contributed by atoms with Crippen LogP contribution in [0.1, 0.15) is 16.1 Å². The normalized spacial score (nSPS) is 9.93. The van der Waals surface area contributed by atoms with E-state index in [2.05, 4.69) is 4.98 Å². The maximum absolute atomic E-state index is 11.8. The third-order valence-electron chi connectivity index (χ3n) is 2.00. The molecule has 1 heterocycles. The molecule has 4 heteroatoms. The van der Waals surface area contributed by atoms with E-state index in [1.165, 1.54) is 0 Å². The number of halogens is 1. The Kier molecular flexibility index (Phi) is 3.89. The van der Waals surface area contributed by atoms with Crippen molar-refractivity contribution in [2.24, 2.45) is 0 Å². The van der Waals surface area contributed by atoms with Crippen LogP contribution in [0, 0.1) is 6.92 Å². The fourth-order valence-corrected chi connectivity index (χ4v) is 1.40. The first-order valence-corrected chi connectivity index (χ1v) is 4.93. The summed E-state index contributed by atoms with van der Waals surface area (Å²) in [5.74, 6) is 0.415. The molecule has 76 valence electrons. The van der Waals surface area contributed by atoms with Crippen LogP contribution in [-0.2, 0) is 0 Å². The molecule has 14 heavy (non-hydrogen) atoms. The van der Waals surface area contributed by atoms with Gasteiger partial charge in [-0.05, 0) is 19.1 Å². The zero-order valence-corrected chi connectivity index (χ0v) is 9.08. The van der Waals surface area contributed by atoms with Gasteiger partial charge in [-0.3, -0.25) is 9.78 Å². The van der Waals surface area contributed by atoms with Crippen molar-refractivity contribution in [3.63, 3.8) is 0 Å². The number of rotatable bonds is 3. The molecule has 1 rings (SSSR count). The Morgan fingerprint density at radius 3 is 2.93 bits per heavy atom. The molecule has 0 radical (unpaired) electrons. The van der Waals surface area contributed by atoms with Crippen LogP contribution in [0.2, 0.25) is 0 Å². The predicted molar refractivity (Wildman–Crippen MR) is 56.7 cm³/mol. The quantitative estimate of drug-likeness (QED) is 0.715. The highest BCUT2D eigenvalue weighted by Gasteiger charge is 2.13. The lowest BCUT2D eigenvalue weighted by Crippen LogP contribution is -2.29. The van der Waals surface area contributed by atoms with Crippen molar-refractivity contribution in [3.05, 3.63) is 29.6 Å². The van der Waals surface area contributed by atoms with Gasteiger partial charge >= 0.3 is 0 Å². The molecule has 0 fully saturated rings. The van der Waals surface area contributed by atoms with E-state index in [9.17, 15) is 4.79 Å². The molecule has 0 N–H and O–H groups in total. The summed E-state index contributed by atoms with van der Waals surface area (Å²) in [4.78, 5) is 17.4. The van der Waals surface area contributed by atoms with E-state index in [0.717, 1.165) is 5.69 Å². The number of nitrogens with zero attached hydrogens (tertiary/aromatic N) is 2. The molecular formula is C10H13ClN2O. The molecule has 1 aromatic heterocycles. The molecular weight excluding hydrogens is 200 g/mol. The third-order valence-corrected chi connectivity index (χ3v) is 2.17. The Hall–Kier alpha value is -1.09. The lowest BCUT2D eigenvalue weighted by molar-refractivity contribution is 0.0802. The number of pyridine rings is 1. The van der Waals surface area contributed by atoms with E-state index in [4.69, 9.17) is 11.6 Å². The van der Waals surface area contributed by atoms with Gasteiger partial charge in [0.25, 0.3) is 5.91 Å². The van der Waals surface area contributed by atoms with Crippen molar-refractivity contribution in [2.75, 3.05) is 19.5 Å². The Balaban J connectivity index is 2.84. The molecule has 0 aliphatic rings. The van der Waals surface area contributed by atoms with Crippen molar-refractivity contribution in [1.82, 2.24) is 9.88 Å². The Labute approximate surface area is 88.7 Å². The lowest BCUT2D eigenvalue weighted by atomic mass is 10.2. The van der Waals surface area contributed by atoms with Gasteiger partial charge in [0, 0.05) is 31.4 Å². The number of carbonyl (C=O) groups is 1. The monoisotopic (exact) mass is 212 g/mol. The molecule has 1 amide bonds. The summed E-state index contributed by atoms with van der Waals surface area (Å²) in [5.41, 5.74) is 1.39. The van der Waals surface area contributed by atoms with Crippen molar-refractivity contribution >= 4 is 17.5 Å². The van der Waals surface area contributed by atoms with Crippen LogP contribution in [-0.4, -0.2) is 35.3 Å². The van der Waals surface area contributed by atoms with Gasteiger partial charge in [0.1, 0.15) is 0 Å². The molecule has 0 bridgehead atoms. The summed E-state index contributed by atoms with van der Waals surface area (Å²) in [7, 11) is 1.73. The Morgan fingerprint density at radius 2 is 2.36 bits per heavy atom. The topological polar surface area (TPSA) is 33.2 Å². The highest BCUT2D eigenvalue weighted by molar-refractivity contribution is 6.18. The highest BCUT2D eigenvalue weighted by Crippen LogP contribution is 2.06. The van der Waals surface area contributed by atoms with Crippen LogP contribution < -0.4 is 0 Å². The average molecular weight is 213 g/mol. The average Bonchev–Trinajstić information content (AvgIpc) is 2.18.